The first-order valence-corrected chi connectivity index (χ1v) is 36.0. The van der Waals surface area contributed by atoms with Crippen LogP contribution in [0.15, 0.2) is 110 Å². The Labute approximate surface area is 601 Å². The number of aromatic amines is 3. The summed E-state index contributed by atoms with van der Waals surface area (Å²) in [6, 6.07) is 11.9. The zero-order valence-corrected chi connectivity index (χ0v) is 58.8. The third-order valence-corrected chi connectivity index (χ3v) is 19.7. The molecule has 0 spiro atoms. The fourth-order valence-corrected chi connectivity index (χ4v) is 13.8. The van der Waals surface area contributed by atoms with Crippen molar-refractivity contribution in [3.8, 4) is 18.1 Å². The number of H-pyrrole nitrogens is 3. The normalized spacial score (nSPS) is 22.4. The van der Waals surface area contributed by atoms with Gasteiger partial charge in [0.1, 0.15) is 71.8 Å². The van der Waals surface area contributed by atoms with Crippen molar-refractivity contribution in [2.24, 2.45) is 5.73 Å². The Hall–Kier alpha value is -10.3. The van der Waals surface area contributed by atoms with Gasteiger partial charge in [0.05, 0.1) is 20.0 Å². The molecule has 5 heterocycles. The number of amides is 10. The molecule has 103 heavy (non-hydrogen) atoms. The van der Waals surface area contributed by atoms with Gasteiger partial charge in [-0.05, 0) is 103 Å². The summed E-state index contributed by atoms with van der Waals surface area (Å²) in [4.78, 5) is 160. The summed E-state index contributed by atoms with van der Waals surface area (Å²) in [5.74, 6) is -4.22. The van der Waals surface area contributed by atoms with Crippen LogP contribution in [0.1, 0.15) is 73.0 Å². The van der Waals surface area contributed by atoms with E-state index in [1.54, 1.807) is 43.0 Å². The van der Waals surface area contributed by atoms with Gasteiger partial charge in [-0.15, -0.1) is 12.3 Å². The summed E-state index contributed by atoms with van der Waals surface area (Å²) in [7, 11) is 1.50. The fourth-order valence-electron chi connectivity index (χ4n) is 12.1. The predicted octanol–water partition coefficient (Wildman–Crippen LogP) is 2.53. The molecular formula is C72H85F2N15O12S2. The third-order valence-electron chi connectivity index (χ3n) is 17.7. The van der Waals surface area contributed by atoms with E-state index in [2.05, 4.69) is 73.7 Å². The number of benzene rings is 4. The number of halogens is 2. The molecular weight excluding hydrogens is 1370 g/mol. The van der Waals surface area contributed by atoms with Crippen LogP contribution in [0.3, 0.4) is 0 Å². The molecule has 2 aliphatic rings. The number of hydrogen-bond acceptors (Lipinski definition) is 16. The average Bonchev–Trinajstić information content (AvgIpc) is 1.69. The molecule has 0 radical (unpaired) electrons. The molecule has 546 valence electrons. The maximum Gasteiger partial charge on any atom is 0.246 e. The Morgan fingerprint density at radius 3 is 1.88 bits per heavy atom. The molecule has 2 aliphatic heterocycles. The number of thioether (sulfide) groups is 2. The van der Waals surface area contributed by atoms with Crippen LogP contribution in [0.2, 0.25) is 0 Å². The summed E-state index contributed by atoms with van der Waals surface area (Å²) in [6.45, 7) is 2.80. The van der Waals surface area contributed by atoms with Crippen molar-refractivity contribution in [2.45, 2.75) is 125 Å². The topological polar surface area (TPSA) is 387 Å². The van der Waals surface area contributed by atoms with Gasteiger partial charge in [-0.25, -0.2) is 13.8 Å². The van der Waals surface area contributed by atoms with Crippen LogP contribution in [0.25, 0.3) is 21.8 Å². The Balaban J connectivity index is 1.05. The van der Waals surface area contributed by atoms with Crippen molar-refractivity contribution in [1.82, 2.24) is 72.7 Å². The second-order valence-electron chi connectivity index (χ2n) is 25.3. The Morgan fingerprint density at radius 1 is 0.699 bits per heavy atom. The molecule has 0 unspecified atom stereocenters. The van der Waals surface area contributed by atoms with Crippen molar-refractivity contribution >= 4 is 104 Å². The van der Waals surface area contributed by atoms with E-state index in [9.17, 15) is 33.2 Å². The van der Waals surface area contributed by atoms with E-state index in [4.69, 9.17) is 21.6 Å². The van der Waals surface area contributed by atoms with Gasteiger partial charge in [-0.3, -0.25) is 47.9 Å². The van der Waals surface area contributed by atoms with Gasteiger partial charge < -0.3 is 82.9 Å². The summed E-state index contributed by atoms with van der Waals surface area (Å²) in [6.07, 6.45) is 10.9. The molecule has 8 atom stereocenters. The van der Waals surface area contributed by atoms with E-state index in [0.717, 1.165) is 11.1 Å². The molecule has 0 saturated carbocycles. The lowest BCUT2D eigenvalue weighted by molar-refractivity contribution is -0.146. The second-order valence-corrected chi connectivity index (χ2v) is 27.5. The molecule has 1 fully saturated rings. The quantitative estimate of drug-likeness (QED) is 0.0488. The van der Waals surface area contributed by atoms with Gasteiger partial charge in [-0.2, -0.15) is 23.5 Å². The first-order chi connectivity index (χ1) is 49.6. The lowest BCUT2D eigenvalue weighted by Gasteiger charge is -2.36. The van der Waals surface area contributed by atoms with Crippen LogP contribution < -0.4 is 58.3 Å². The highest BCUT2D eigenvalue weighted by Crippen LogP contribution is 2.31. The Kier molecular flexibility index (Phi) is 27.7. The predicted molar refractivity (Wildman–Crippen MR) is 384 cm³/mol. The van der Waals surface area contributed by atoms with Gasteiger partial charge in [-0.1, -0.05) is 36.4 Å². The maximum absolute atomic E-state index is 15.2. The van der Waals surface area contributed by atoms with Crippen LogP contribution in [0.4, 0.5) is 8.78 Å². The number of carbonyl (C=O) groups excluding carboxylic acids is 10. The SMILES string of the molecule is C#CC[C@@H]1NC(=O)[C@H](Cc2c[nH]c3ccc(F)cc23)NC(=O)[C@H](Cc2c[nH]c3ccc(F)cc23)NC(=O)[C@@H](C)NC(=O)[C@H](CNC(=O)COCCN)NC(=O)CCSCc2cccc(c2)CSCCNC(=O)[C@]2(C)CCCN2C(=O)[C@H](Cc2ccc(OC)cc2)NC(=O)[C@H](Cc2cnc[nH]2)NC1=O. The molecule has 0 aliphatic carbocycles. The van der Waals surface area contributed by atoms with Crippen LogP contribution in [0.5, 0.6) is 5.75 Å². The lowest BCUT2D eigenvalue weighted by atomic mass is 9.95. The number of hydrogen-bond donors (Lipinski definition) is 13. The van der Waals surface area contributed by atoms with Crippen LogP contribution in [0, 0.1) is 24.0 Å². The highest BCUT2D eigenvalue weighted by molar-refractivity contribution is 7.98. The number of nitrogens with zero attached hydrogens (tertiary/aromatic N) is 2. The number of fused-ring (bicyclic) bond motifs is 5. The summed E-state index contributed by atoms with van der Waals surface area (Å²) < 4.78 is 40.6. The molecule has 4 aromatic carbocycles. The fraction of sp³-hybridized carbons (Fsp3) is 0.403. The van der Waals surface area contributed by atoms with Crippen LogP contribution in [-0.2, 0) is 89.9 Å². The first kappa shape index (κ1) is 76.9. The van der Waals surface area contributed by atoms with Crippen molar-refractivity contribution in [3.05, 3.63) is 155 Å². The summed E-state index contributed by atoms with van der Waals surface area (Å²) in [5.41, 5.74) is 8.73. The van der Waals surface area contributed by atoms with Crippen molar-refractivity contribution in [1.29, 1.82) is 0 Å². The number of terminal acetylenes is 1. The second kappa shape index (κ2) is 37.1. The van der Waals surface area contributed by atoms with Gasteiger partial charge in [0.25, 0.3) is 0 Å². The highest BCUT2D eigenvalue weighted by Gasteiger charge is 2.48. The van der Waals surface area contributed by atoms with Gasteiger partial charge in [0.2, 0.25) is 59.1 Å². The summed E-state index contributed by atoms with van der Waals surface area (Å²) in [5, 5.41) is 25.1. The number of nitrogens with one attached hydrogen (secondary N) is 12. The molecule has 10 amide bonds. The Bertz CT molecular complexity index is 4210. The van der Waals surface area contributed by atoms with Crippen LogP contribution in [-0.4, -0.2) is 190 Å². The first-order valence-electron chi connectivity index (χ1n) is 33.7. The third kappa shape index (κ3) is 21.4. The average molecular weight is 1450 g/mol. The molecule has 2 bridgehead atoms. The number of ether oxygens (including phenoxy) is 2. The van der Waals surface area contributed by atoms with Crippen molar-refractivity contribution < 1.29 is 66.2 Å². The minimum absolute atomic E-state index is 0.0548. The standard InChI is InChI=1S/C72H85F2N15O12S2/c1-5-8-56-65(93)87-59(33-50-36-76-41-81-50)68(96)88-60(28-43-11-15-51(100-4)16-12-43)70(98)89-23-7-20-72(89,3)71(99)77-22-26-103-40-45-10-6-9-44(27-45)39-102-25-19-62(90)83-61(37-80-63(91)38-101-24-21-75)69(97)82-42(2)64(92)85-57(29-46-34-78-54-17-13-48(73)31-52(46)54)67(95)86-58(66(94)84-56)30-47-35-79-55-18-14-49(74)32-53(47)55/h1,6,9-18,27,31-32,34-36,41-42,56-61,78-79H,7-8,19-26,28-30,33,37-40,75H2,2-4H3,(H,76,81)(H,77,99)(H,80,91)(H,82,97)(H,83,90)(H,84,94)(H,85,92)(H,86,95)(H,87,93)(H,88,96)/t42-,56+,57+,58+,59+,60+,61+,72+/m1/s1. The highest BCUT2D eigenvalue weighted by atomic mass is 32.2. The van der Waals surface area contributed by atoms with Gasteiger partial charge >= 0.3 is 0 Å². The number of aromatic nitrogens is 4. The lowest BCUT2D eigenvalue weighted by Crippen LogP contribution is -2.62. The summed E-state index contributed by atoms with van der Waals surface area (Å²) >= 11 is 3.06. The Morgan fingerprint density at radius 2 is 1.28 bits per heavy atom. The number of imidazole rings is 1. The monoisotopic (exact) mass is 1450 g/mol. The van der Waals surface area contributed by atoms with E-state index >= 15 is 23.6 Å². The number of carbonyl (C=O) groups is 10. The minimum atomic E-state index is -1.68. The largest absolute Gasteiger partial charge is 0.497 e. The molecule has 1 saturated heterocycles. The zero-order valence-electron chi connectivity index (χ0n) is 57.2. The van der Waals surface area contributed by atoms with E-state index < -0.39 is 139 Å². The van der Waals surface area contributed by atoms with E-state index in [1.807, 2.05) is 24.3 Å². The van der Waals surface area contributed by atoms with Crippen LogP contribution >= 0.6 is 23.5 Å². The van der Waals surface area contributed by atoms with Gasteiger partial charge in [0, 0.05) is 134 Å². The van der Waals surface area contributed by atoms with Crippen molar-refractivity contribution in [2.75, 3.05) is 58.0 Å². The molecule has 31 heteroatoms. The number of methoxy groups -OCH3 is 1. The van der Waals surface area contributed by atoms with E-state index in [1.165, 1.54) is 92.0 Å². The molecule has 7 aromatic rings. The molecule has 9 rings (SSSR count). The smallest absolute Gasteiger partial charge is 0.246 e. The zero-order chi connectivity index (χ0) is 73.6. The van der Waals surface area contributed by atoms with Gasteiger partial charge in [0.15, 0.2) is 0 Å². The number of nitrogens with two attached hydrogens (primary N) is 1. The number of rotatable bonds is 16. The molecule has 27 nitrogen and oxygen atoms in total. The molecule has 3 aromatic heterocycles. The minimum Gasteiger partial charge on any atom is -0.497 e. The van der Waals surface area contributed by atoms with Crippen molar-refractivity contribution in [3.63, 3.8) is 0 Å². The maximum atomic E-state index is 15.2. The van der Waals surface area contributed by atoms with E-state index in [-0.39, 0.29) is 57.8 Å². The molecule has 14 N–H and O–H groups in total. The van der Waals surface area contributed by atoms with E-state index in [0.29, 0.717) is 85.8 Å².